The van der Waals surface area contributed by atoms with Gasteiger partial charge in [0.15, 0.2) is 0 Å². The maximum Gasteiger partial charge on any atom is 0.312 e. The topological polar surface area (TPSA) is 55.6 Å². The van der Waals surface area contributed by atoms with Crippen LogP contribution in [0.1, 0.15) is 31.9 Å². The van der Waals surface area contributed by atoms with Gasteiger partial charge in [0.1, 0.15) is 0 Å². The molecule has 5 nitrogen and oxygen atoms in total. The number of hydrogen-bond donors (Lipinski definition) is 0. The minimum Gasteiger partial charge on any atom is -0.455 e. The highest BCUT2D eigenvalue weighted by Crippen LogP contribution is 2.57. The number of hydrogen-bond acceptors (Lipinski definition) is 4. The Morgan fingerprint density at radius 2 is 1.92 bits per heavy atom. The molecule has 0 aliphatic carbocycles. The molecule has 1 unspecified atom stereocenters. The van der Waals surface area contributed by atoms with E-state index < -0.39 is 11.1 Å². The number of fused-ring (bicyclic) bond motifs is 2. The van der Waals surface area contributed by atoms with E-state index in [0.717, 1.165) is 11.3 Å². The Bertz CT molecular complexity index is 983. The molecule has 2 aromatic carbocycles. The molecule has 0 amide bonds. The molecular weight excluding hydrogens is 396 g/mol. The van der Waals surface area contributed by atoms with Crippen molar-refractivity contribution < 1.29 is 9.66 Å². The third kappa shape index (κ3) is 1.96. The zero-order chi connectivity index (χ0) is 18.9. The van der Waals surface area contributed by atoms with E-state index in [9.17, 15) is 10.1 Å². The van der Waals surface area contributed by atoms with E-state index in [4.69, 9.17) is 4.74 Å². The summed E-state index contributed by atoms with van der Waals surface area (Å²) in [6, 6.07) is 11.5. The Labute approximate surface area is 160 Å². The lowest BCUT2D eigenvalue weighted by atomic mass is 9.73. The molecule has 0 saturated heterocycles. The van der Waals surface area contributed by atoms with Gasteiger partial charge < -0.3 is 9.64 Å². The van der Waals surface area contributed by atoms with Crippen LogP contribution in [0.2, 0.25) is 0 Å². The zero-order valence-electron chi connectivity index (χ0n) is 15.0. The van der Waals surface area contributed by atoms with Crippen LogP contribution >= 0.6 is 15.9 Å². The van der Waals surface area contributed by atoms with Crippen LogP contribution in [-0.4, -0.2) is 17.7 Å². The number of nitro benzene ring substituents is 1. The van der Waals surface area contributed by atoms with E-state index in [1.165, 1.54) is 11.6 Å². The van der Waals surface area contributed by atoms with Crippen molar-refractivity contribution in [3.05, 3.63) is 67.7 Å². The number of likely N-dealkylation sites (N-methyl/N-ethyl adjacent to an activating group) is 1. The van der Waals surface area contributed by atoms with Crippen LogP contribution < -0.4 is 9.64 Å². The monoisotopic (exact) mass is 414 g/mol. The van der Waals surface area contributed by atoms with Crippen LogP contribution in [0.4, 0.5) is 11.4 Å². The lowest BCUT2D eigenvalue weighted by Gasteiger charge is -2.48. The highest BCUT2D eigenvalue weighted by molar-refractivity contribution is 9.10. The molecule has 2 aliphatic rings. The van der Waals surface area contributed by atoms with Crippen molar-refractivity contribution in [3.8, 4) is 5.75 Å². The van der Waals surface area contributed by atoms with Crippen LogP contribution in [0.3, 0.4) is 0 Å². The predicted octanol–water partition coefficient (Wildman–Crippen LogP) is 5.28. The highest BCUT2D eigenvalue weighted by atomic mass is 79.9. The average Bonchev–Trinajstić information content (AvgIpc) is 2.75. The van der Waals surface area contributed by atoms with Crippen molar-refractivity contribution in [3.63, 3.8) is 0 Å². The number of ether oxygens (including phenoxy) is 1. The minimum absolute atomic E-state index is 0.0299. The molecule has 26 heavy (non-hydrogen) atoms. The fourth-order valence-electron chi connectivity index (χ4n) is 4.53. The zero-order valence-corrected chi connectivity index (χ0v) is 16.6. The van der Waals surface area contributed by atoms with Gasteiger partial charge in [-0.3, -0.25) is 10.1 Å². The largest absolute Gasteiger partial charge is 0.455 e. The maximum absolute atomic E-state index is 11.6. The number of anilines is 1. The SMILES string of the molecule is CC1=Cc2cc(Br)cc([N+](=O)[O-])c2OC12N(C)c1ccccc1C2(C)C. The second-order valence-electron chi connectivity index (χ2n) is 7.37. The van der Waals surface area contributed by atoms with E-state index in [0.29, 0.717) is 15.8 Å². The number of halogens is 1. The minimum atomic E-state index is -0.817. The van der Waals surface area contributed by atoms with Crippen molar-refractivity contribution in [1.29, 1.82) is 0 Å². The van der Waals surface area contributed by atoms with Crippen LogP contribution in [0.25, 0.3) is 6.08 Å². The third-order valence-corrected chi connectivity index (χ3v) is 6.13. The van der Waals surface area contributed by atoms with Gasteiger partial charge in [-0.2, -0.15) is 0 Å². The number of benzene rings is 2. The van der Waals surface area contributed by atoms with Crippen molar-refractivity contribution in [2.24, 2.45) is 0 Å². The van der Waals surface area contributed by atoms with Gasteiger partial charge in [-0.25, -0.2) is 0 Å². The number of para-hydroxylation sites is 1. The predicted molar refractivity (Wildman–Crippen MR) is 106 cm³/mol. The Morgan fingerprint density at radius 3 is 2.58 bits per heavy atom. The first-order chi connectivity index (χ1) is 12.2. The lowest BCUT2D eigenvalue weighted by Crippen LogP contribution is -2.60. The molecule has 2 heterocycles. The van der Waals surface area contributed by atoms with E-state index in [1.54, 1.807) is 0 Å². The summed E-state index contributed by atoms with van der Waals surface area (Å²) in [6.07, 6.45) is 2.00. The summed E-state index contributed by atoms with van der Waals surface area (Å²) in [4.78, 5) is 13.4. The summed E-state index contributed by atoms with van der Waals surface area (Å²) in [5, 5.41) is 11.6. The molecule has 0 saturated carbocycles. The fourth-order valence-corrected chi connectivity index (χ4v) is 5.00. The van der Waals surface area contributed by atoms with Gasteiger partial charge in [0.05, 0.1) is 10.3 Å². The summed E-state index contributed by atoms with van der Waals surface area (Å²) in [7, 11) is 1.99. The van der Waals surface area contributed by atoms with Crippen molar-refractivity contribution >= 4 is 33.4 Å². The van der Waals surface area contributed by atoms with Gasteiger partial charge >= 0.3 is 5.69 Å². The average molecular weight is 415 g/mol. The van der Waals surface area contributed by atoms with Crippen LogP contribution in [0, 0.1) is 10.1 Å². The summed E-state index contributed by atoms with van der Waals surface area (Å²) in [6.45, 7) is 6.28. The van der Waals surface area contributed by atoms with Crippen LogP contribution in [-0.2, 0) is 5.41 Å². The number of rotatable bonds is 1. The first kappa shape index (κ1) is 17.1. The van der Waals surface area contributed by atoms with Gasteiger partial charge in [-0.05, 0) is 50.1 Å². The maximum atomic E-state index is 11.6. The van der Waals surface area contributed by atoms with Gasteiger partial charge in [0.25, 0.3) is 0 Å². The molecule has 0 radical (unpaired) electrons. The molecule has 0 aromatic heterocycles. The molecule has 0 fully saturated rings. The van der Waals surface area contributed by atoms with Gasteiger partial charge in [-0.15, -0.1) is 0 Å². The molecule has 6 heteroatoms. The Balaban J connectivity index is 1.99. The second-order valence-corrected chi connectivity index (χ2v) is 8.29. The fraction of sp³-hybridized carbons (Fsp3) is 0.300. The Hall–Kier alpha value is -2.34. The van der Waals surface area contributed by atoms with Gasteiger partial charge in [-0.1, -0.05) is 34.1 Å². The highest BCUT2D eigenvalue weighted by Gasteiger charge is 2.60. The standard InChI is InChI=1S/C20H19BrN2O3/c1-12-9-13-10-14(21)11-17(23(24)25)18(13)26-20(12)19(2,3)15-7-5-6-8-16(15)22(20)4/h5-11H,1-4H3. The molecule has 1 atom stereocenters. The summed E-state index contributed by atoms with van der Waals surface area (Å²) < 4.78 is 7.21. The molecule has 0 bridgehead atoms. The van der Waals surface area contributed by atoms with E-state index in [-0.39, 0.29) is 10.6 Å². The Kier molecular flexibility index (Phi) is 3.50. The third-order valence-electron chi connectivity index (χ3n) is 5.67. The van der Waals surface area contributed by atoms with Crippen molar-refractivity contribution in [2.75, 3.05) is 11.9 Å². The quantitative estimate of drug-likeness (QED) is 0.470. The molecule has 0 N–H and O–H groups in total. The van der Waals surface area contributed by atoms with Crippen molar-refractivity contribution in [2.45, 2.75) is 31.9 Å². The number of nitro groups is 1. The van der Waals surface area contributed by atoms with Crippen LogP contribution in [0.15, 0.2) is 46.4 Å². The molecule has 2 aromatic rings. The first-order valence-electron chi connectivity index (χ1n) is 8.39. The van der Waals surface area contributed by atoms with Gasteiger partial charge in [0.2, 0.25) is 11.5 Å². The summed E-state index contributed by atoms with van der Waals surface area (Å²) in [5.41, 5.74) is 2.74. The van der Waals surface area contributed by atoms with E-state index >= 15 is 0 Å². The lowest BCUT2D eigenvalue weighted by molar-refractivity contribution is -0.386. The van der Waals surface area contributed by atoms with E-state index in [2.05, 4.69) is 46.8 Å². The van der Waals surface area contributed by atoms with E-state index in [1.807, 2.05) is 38.2 Å². The first-order valence-corrected chi connectivity index (χ1v) is 9.18. The van der Waals surface area contributed by atoms with Crippen LogP contribution in [0.5, 0.6) is 5.75 Å². The molecule has 134 valence electrons. The summed E-state index contributed by atoms with van der Waals surface area (Å²) >= 11 is 3.36. The Morgan fingerprint density at radius 1 is 1.23 bits per heavy atom. The smallest absolute Gasteiger partial charge is 0.312 e. The molecule has 2 aliphatic heterocycles. The molecular formula is C20H19BrN2O3. The summed E-state index contributed by atoms with van der Waals surface area (Å²) in [5.74, 6) is 0.316. The molecule has 1 spiro atoms. The van der Waals surface area contributed by atoms with Crippen molar-refractivity contribution in [1.82, 2.24) is 0 Å². The number of nitrogens with zero attached hydrogens (tertiary/aromatic N) is 2. The normalized spacial score (nSPS) is 22.5. The molecule has 4 rings (SSSR count). The second kappa shape index (κ2) is 5.33. The van der Waals surface area contributed by atoms with Gasteiger partial charge in [0, 0.05) is 28.8 Å².